The second kappa shape index (κ2) is 11.3. The van der Waals surface area contributed by atoms with Gasteiger partial charge in [-0.15, -0.1) is 0 Å². The number of rotatable bonds is 7. The Morgan fingerprint density at radius 1 is 1.11 bits per heavy atom. The van der Waals surface area contributed by atoms with E-state index in [0.29, 0.717) is 42.0 Å². The highest BCUT2D eigenvalue weighted by Gasteiger charge is 2.42. The zero-order valence-electron chi connectivity index (χ0n) is 21.8. The van der Waals surface area contributed by atoms with Crippen LogP contribution in [0.25, 0.3) is 0 Å². The van der Waals surface area contributed by atoms with Gasteiger partial charge in [-0.2, -0.15) is 0 Å². The molecule has 3 unspecified atom stereocenters. The molecule has 0 aromatic heterocycles. The minimum Gasteiger partial charge on any atom is -0.496 e. The number of methoxy groups -OCH3 is 2. The summed E-state index contributed by atoms with van der Waals surface area (Å²) in [7, 11) is 3.25. The number of esters is 1. The van der Waals surface area contributed by atoms with Crippen LogP contribution < -0.4 is 14.8 Å². The molecule has 0 saturated carbocycles. The van der Waals surface area contributed by atoms with Crippen molar-refractivity contribution in [3.05, 3.63) is 80.6 Å². The molecule has 38 heavy (non-hydrogen) atoms. The zero-order valence-corrected chi connectivity index (χ0v) is 23.4. The van der Waals surface area contributed by atoms with Gasteiger partial charge in [0.1, 0.15) is 18.1 Å². The number of hydrogen-bond donors (Lipinski definition) is 1. The Hall–Kier alpha value is -3.10. The van der Waals surface area contributed by atoms with Crippen molar-refractivity contribution in [1.82, 2.24) is 5.32 Å². The van der Waals surface area contributed by atoms with Gasteiger partial charge in [0, 0.05) is 41.8 Å². The minimum atomic E-state index is -0.559. The number of hydrogen-bond acceptors (Lipinski definition) is 7. The van der Waals surface area contributed by atoms with Crippen LogP contribution in [0.4, 0.5) is 0 Å². The largest absolute Gasteiger partial charge is 0.496 e. The number of dihydropyridines is 1. The van der Waals surface area contributed by atoms with E-state index in [1.54, 1.807) is 14.2 Å². The molecule has 2 heterocycles. The van der Waals surface area contributed by atoms with Gasteiger partial charge in [0.25, 0.3) is 0 Å². The number of benzene rings is 2. The van der Waals surface area contributed by atoms with Crippen molar-refractivity contribution >= 4 is 27.7 Å². The SMILES string of the molecule is COc1ccc(C2C(C(=O)OCC3CCCO3)=C(C)NC3=C2C(=O)CC(c2ccccc2OC)C3)cc1Br. The summed E-state index contributed by atoms with van der Waals surface area (Å²) < 4.78 is 23.2. The number of carbonyl (C=O) groups is 2. The predicted molar refractivity (Wildman–Crippen MR) is 146 cm³/mol. The molecule has 7 nitrogen and oxygen atoms in total. The van der Waals surface area contributed by atoms with Gasteiger partial charge in [0.05, 0.1) is 30.4 Å². The molecule has 5 rings (SSSR count). The van der Waals surface area contributed by atoms with Crippen LogP contribution >= 0.6 is 15.9 Å². The van der Waals surface area contributed by atoms with Gasteiger partial charge in [0.15, 0.2) is 5.78 Å². The fourth-order valence-electron chi connectivity index (χ4n) is 5.75. The lowest BCUT2D eigenvalue weighted by Gasteiger charge is -2.37. The third-order valence-corrected chi connectivity index (χ3v) is 8.18. The highest BCUT2D eigenvalue weighted by Crippen LogP contribution is 2.47. The molecule has 1 aliphatic carbocycles. The van der Waals surface area contributed by atoms with Crippen molar-refractivity contribution in [2.24, 2.45) is 0 Å². The van der Waals surface area contributed by atoms with E-state index in [9.17, 15) is 9.59 Å². The van der Waals surface area contributed by atoms with Crippen LogP contribution in [0.1, 0.15) is 55.6 Å². The van der Waals surface area contributed by atoms with E-state index in [2.05, 4.69) is 21.2 Å². The number of carbonyl (C=O) groups excluding carboxylic acids is 2. The number of ether oxygens (including phenoxy) is 4. The smallest absolute Gasteiger partial charge is 0.336 e. The number of para-hydroxylation sites is 1. The highest BCUT2D eigenvalue weighted by molar-refractivity contribution is 9.10. The van der Waals surface area contributed by atoms with Crippen LogP contribution in [0.3, 0.4) is 0 Å². The van der Waals surface area contributed by atoms with Crippen LogP contribution in [0, 0.1) is 0 Å². The second-order valence-corrected chi connectivity index (χ2v) is 10.7. The maximum atomic E-state index is 13.9. The molecule has 1 fully saturated rings. The first kappa shape index (κ1) is 26.5. The molecule has 200 valence electrons. The Morgan fingerprint density at radius 3 is 2.61 bits per heavy atom. The van der Waals surface area contributed by atoms with E-state index in [1.165, 1.54) is 0 Å². The molecule has 0 spiro atoms. The Labute approximate surface area is 231 Å². The third kappa shape index (κ3) is 5.12. The topological polar surface area (TPSA) is 83.1 Å². The Bertz CT molecular complexity index is 1310. The summed E-state index contributed by atoms with van der Waals surface area (Å²) in [5, 5.41) is 3.41. The van der Waals surface area contributed by atoms with Crippen molar-refractivity contribution in [3.8, 4) is 11.5 Å². The molecule has 2 aliphatic heterocycles. The summed E-state index contributed by atoms with van der Waals surface area (Å²) in [5.41, 5.74) is 4.41. The van der Waals surface area contributed by atoms with Crippen LogP contribution in [0.2, 0.25) is 0 Å². The molecule has 8 heteroatoms. The van der Waals surface area contributed by atoms with E-state index in [0.717, 1.165) is 39.9 Å². The lowest BCUT2D eigenvalue weighted by molar-refractivity contribution is -0.142. The summed E-state index contributed by atoms with van der Waals surface area (Å²) in [6, 6.07) is 13.5. The lowest BCUT2D eigenvalue weighted by Crippen LogP contribution is -2.36. The van der Waals surface area contributed by atoms with Crippen molar-refractivity contribution in [3.63, 3.8) is 0 Å². The van der Waals surface area contributed by atoms with E-state index < -0.39 is 11.9 Å². The third-order valence-electron chi connectivity index (χ3n) is 7.56. The van der Waals surface area contributed by atoms with Gasteiger partial charge in [-0.25, -0.2) is 4.79 Å². The second-order valence-electron chi connectivity index (χ2n) is 9.89. The quantitative estimate of drug-likeness (QED) is 0.429. The average molecular weight is 582 g/mol. The van der Waals surface area contributed by atoms with Crippen LogP contribution in [-0.2, 0) is 19.1 Å². The van der Waals surface area contributed by atoms with E-state index in [1.807, 2.05) is 49.4 Å². The molecule has 1 N–H and O–H groups in total. The molecule has 0 bridgehead atoms. The van der Waals surface area contributed by atoms with Crippen molar-refractivity contribution < 1.29 is 28.5 Å². The summed E-state index contributed by atoms with van der Waals surface area (Å²) in [5.74, 6) is 0.417. The van der Waals surface area contributed by atoms with Gasteiger partial charge in [-0.1, -0.05) is 24.3 Å². The first-order chi connectivity index (χ1) is 18.4. The fourth-order valence-corrected chi connectivity index (χ4v) is 6.31. The molecular weight excluding hydrogens is 550 g/mol. The summed E-state index contributed by atoms with van der Waals surface area (Å²) >= 11 is 3.58. The van der Waals surface area contributed by atoms with Gasteiger partial charge >= 0.3 is 5.97 Å². The van der Waals surface area contributed by atoms with Gasteiger partial charge in [0.2, 0.25) is 0 Å². The Balaban J connectivity index is 1.53. The number of allylic oxidation sites excluding steroid dienone is 3. The maximum Gasteiger partial charge on any atom is 0.336 e. The minimum absolute atomic E-state index is 0.00326. The van der Waals surface area contributed by atoms with E-state index in [-0.39, 0.29) is 24.4 Å². The standard InChI is InChI=1S/C30H32BrNO6/c1-17-27(30(34)38-16-20-7-6-12-37-20)28(18-10-11-26(36-3)22(31)13-18)29-23(32-17)14-19(15-24(29)33)21-8-4-5-9-25(21)35-2/h4-5,8-11,13,19-20,28,32H,6-7,12,14-16H2,1-3H3. The normalized spacial score (nSPS) is 23.2. The Morgan fingerprint density at radius 2 is 1.89 bits per heavy atom. The summed E-state index contributed by atoms with van der Waals surface area (Å²) in [6.45, 7) is 2.76. The molecule has 0 radical (unpaired) electrons. The average Bonchev–Trinajstić information content (AvgIpc) is 3.44. The van der Waals surface area contributed by atoms with Gasteiger partial charge in [-0.3, -0.25) is 4.79 Å². The van der Waals surface area contributed by atoms with E-state index in [4.69, 9.17) is 18.9 Å². The summed E-state index contributed by atoms with van der Waals surface area (Å²) in [6.07, 6.45) is 2.71. The monoisotopic (exact) mass is 581 g/mol. The number of nitrogens with one attached hydrogen (secondary N) is 1. The lowest BCUT2D eigenvalue weighted by atomic mass is 9.71. The number of ketones is 1. The first-order valence-corrected chi connectivity index (χ1v) is 13.7. The maximum absolute atomic E-state index is 13.9. The fraction of sp³-hybridized carbons (Fsp3) is 0.400. The van der Waals surface area contributed by atoms with Gasteiger partial charge in [-0.05, 0) is 71.4 Å². The molecule has 2 aromatic rings. The van der Waals surface area contributed by atoms with Crippen molar-refractivity contribution in [2.75, 3.05) is 27.4 Å². The van der Waals surface area contributed by atoms with Crippen LogP contribution in [-0.4, -0.2) is 45.3 Å². The molecule has 2 aromatic carbocycles. The molecule has 0 amide bonds. The van der Waals surface area contributed by atoms with E-state index >= 15 is 0 Å². The van der Waals surface area contributed by atoms with Crippen LogP contribution in [0.15, 0.2) is 69.5 Å². The number of Topliss-reactive ketones (excluding diaryl/α,β-unsaturated/α-hetero) is 1. The highest BCUT2D eigenvalue weighted by atomic mass is 79.9. The Kier molecular flexibility index (Phi) is 7.91. The van der Waals surface area contributed by atoms with Gasteiger partial charge < -0.3 is 24.3 Å². The molecule has 3 aliphatic rings. The van der Waals surface area contributed by atoms with Crippen molar-refractivity contribution in [2.45, 2.75) is 50.5 Å². The number of halogens is 1. The summed E-state index contributed by atoms with van der Waals surface area (Å²) in [4.78, 5) is 27.4. The van der Waals surface area contributed by atoms with Crippen molar-refractivity contribution in [1.29, 1.82) is 0 Å². The zero-order chi connectivity index (χ0) is 26.8. The van der Waals surface area contributed by atoms with Crippen LogP contribution in [0.5, 0.6) is 11.5 Å². The predicted octanol–water partition coefficient (Wildman–Crippen LogP) is 5.55. The first-order valence-electron chi connectivity index (χ1n) is 12.9. The molecule has 3 atom stereocenters. The molecular formula is C30H32BrNO6. The molecule has 1 saturated heterocycles.